The number of quaternary nitrogens is 1. The Hall–Kier alpha value is -4.57. The van der Waals surface area contributed by atoms with Crippen LogP contribution in [0.5, 0.6) is 0 Å². The van der Waals surface area contributed by atoms with E-state index in [4.69, 9.17) is 18.9 Å². The van der Waals surface area contributed by atoms with Crippen LogP contribution in [-0.4, -0.2) is 87.4 Å². The average molecular weight is 1030 g/mol. The quantitative estimate of drug-likeness (QED) is 0.0211. The van der Waals surface area contributed by atoms with Crippen LogP contribution in [0.3, 0.4) is 0 Å². The zero-order chi connectivity index (χ0) is 54.1. The summed E-state index contributed by atoms with van der Waals surface area (Å²) in [7, 11) is 5.94. The minimum Gasteiger partial charge on any atom is -0.477 e. The lowest BCUT2D eigenvalue weighted by molar-refractivity contribution is -0.870. The van der Waals surface area contributed by atoms with Crippen molar-refractivity contribution in [2.24, 2.45) is 0 Å². The lowest BCUT2D eigenvalue weighted by Crippen LogP contribution is -2.40. The zero-order valence-corrected chi connectivity index (χ0v) is 47.4. The van der Waals surface area contributed by atoms with Gasteiger partial charge in [0.25, 0.3) is 6.29 Å². The highest BCUT2D eigenvalue weighted by Crippen LogP contribution is 2.13. The number of allylic oxidation sites excluding steroid dienone is 22. The second-order valence-corrected chi connectivity index (χ2v) is 19.9. The molecule has 0 rings (SSSR count). The summed E-state index contributed by atoms with van der Waals surface area (Å²) in [5.74, 6) is -2.09. The van der Waals surface area contributed by atoms with Gasteiger partial charge in [0.05, 0.1) is 34.4 Å². The van der Waals surface area contributed by atoms with Gasteiger partial charge in [-0.1, -0.05) is 205 Å². The molecule has 0 saturated heterocycles. The maximum Gasteiger partial charge on any atom is 0.361 e. The Morgan fingerprint density at radius 2 is 0.770 bits per heavy atom. The van der Waals surface area contributed by atoms with Gasteiger partial charge in [-0.25, -0.2) is 4.79 Å². The van der Waals surface area contributed by atoms with Crippen LogP contribution in [0.15, 0.2) is 134 Å². The second kappa shape index (κ2) is 54.7. The highest BCUT2D eigenvalue weighted by Gasteiger charge is 2.25. The molecular weight excluding hydrogens is 923 g/mol. The molecule has 0 aromatic rings. The summed E-state index contributed by atoms with van der Waals surface area (Å²) in [6.45, 7) is 4.68. The first-order valence-corrected chi connectivity index (χ1v) is 28.8. The maximum absolute atomic E-state index is 12.8. The topological polar surface area (TPSA) is 108 Å². The van der Waals surface area contributed by atoms with Crippen molar-refractivity contribution in [3.8, 4) is 0 Å². The first-order valence-electron chi connectivity index (χ1n) is 28.8. The second-order valence-electron chi connectivity index (χ2n) is 19.9. The Balaban J connectivity index is 4.38. The largest absolute Gasteiger partial charge is 0.477 e. The zero-order valence-electron chi connectivity index (χ0n) is 47.4. The third-order valence-electron chi connectivity index (χ3n) is 11.6. The third kappa shape index (κ3) is 55.2. The summed E-state index contributed by atoms with van der Waals surface area (Å²) in [6, 6.07) is 0. The Labute approximate surface area is 452 Å². The van der Waals surface area contributed by atoms with Crippen molar-refractivity contribution >= 4 is 17.9 Å². The van der Waals surface area contributed by atoms with Gasteiger partial charge in [0.2, 0.25) is 0 Å². The molecule has 74 heavy (non-hydrogen) atoms. The molecule has 0 aliphatic rings. The number of nitrogens with zero attached hydrogens (tertiary/aromatic N) is 1. The first kappa shape index (κ1) is 69.4. The van der Waals surface area contributed by atoms with E-state index in [9.17, 15) is 19.5 Å². The number of carbonyl (C=O) groups excluding carboxylic acids is 2. The number of carboxylic acid groups (broad SMARTS) is 1. The van der Waals surface area contributed by atoms with Crippen molar-refractivity contribution < 1.29 is 42.9 Å². The van der Waals surface area contributed by atoms with Crippen LogP contribution in [0.2, 0.25) is 0 Å². The summed E-state index contributed by atoms with van der Waals surface area (Å²) in [5, 5.41) is 9.69. The Morgan fingerprint density at radius 1 is 0.419 bits per heavy atom. The van der Waals surface area contributed by atoms with Crippen LogP contribution in [0, 0.1) is 0 Å². The van der Waals surface area contributed by atoms with Crippen molar-refractivity contribution in [3.05, 3.63) is 134 Å². The van der Waals surface area contributed by atoms with Crippen molar-refractivity contribution in [2.75, 3.05) is 47.5 Å². The van der Waals surface area contributed by atoms with Gasteiger partial charge in [-0.05, 0) is 116 Å². The van der Waals surface area contributed by atoms with E-state index in [2.05, 4.69) is 148 Å². The van der Waals surface area contributed by atoms with Crippen molar-refractivity contribution in [1.29, 1.82) is 0 Å². The molecule has 9 heteroatoms. The monoisotopic (exact) mass is 1030 g/mol. The van der Waals surface area contributed by atoms with Gasteiger partial charge >= 0.3 is 17.9 Å². The minimum absolute atomic E-state index is 0.170. The molecule has 0 aromatic heterocycles. The molecule has 0 aromatic carbocycles. The van der Waals surface area contributed by atoms with E-state index in [0.717, 1.165) is 116 Å². The summed E-state index contributed by atoms with van der Waals surface area (Å²) in [4.78, 5) is 37.4. The number of esters is 2. The van der Waals surface area contributed by atoms with Gasteiger partial charge in [-0.3, -0.25) is 9.59 Å². The van der Waals surface area contributed by atoms with Crippen LogP contribution in [0.1, 0.15) is 200 Å². The molecule has 418 valence electrons. The van der Waals surface area contributed by atoms with Crippen molar-refractivity contribution in [3.63, 3.8) is 0 Å². The number of likely N-dealkylation sites (N-methyl/N-ethyl adjacent to an activating group) is 1. The van der Waals surface area contributed by atoms with E-state index in [1.807, 2.05) is 21.1 Å². The van der Waals surface area contributed by atoms with Crippen molar-refractivity contribution in [1.82, 2.24) is 0 Å². The highest BCUT2D eigenvalue weighted by molar-refractivity contribution is 5.71. The number of hydrogen-bond acceptors (Lipinski definition) is 7. The molecule has 0 saturated carbocycles. The number of aliphatic carboxylic acids is 1. The smallest absolute Gasteiger partial charge is 0.361 e. The molecule has 1 N–H and O–H groups in total. The number of hydrogen-bond donors (Lipinski definition) is 1. The molecule has 0 heterocycles. The number of rotatable bonds is 51. The van der Waals surface area contributed by atoms with E-state index < -0.39 is 24.3 Å². The SMILES string of the molecule is CC/C=C\C/C=C\C/C=C\C/C=C\C/C=C\C/C=C\C/C=C\C/C=C\C/C=C\C/C=C\CCCCC(=O)OC(COC(=O)CCCCCCC/C=C\CCCCCCCCC)COC(OCC[N+](C)(C)C)C(=O)O. The summed E-state index contributed by atoms with van der Waals surface area (Å²) in [6.07, 6.45) is 75.3. The molecule has 0 aliphatic carbocycles. The summed E-state index contributed by atoms with van der Waals surface area (Å²) >= 11 is 0. The van der Waals surface area contributed by atoms with Gasteiger partial charge in [-0.2, -0.15) is 0 Å². The molecule has 0 spiro atoms. The highest BCUT2D eigenvalue weighted by atomic mass is 16.7. The van der Waals surface area contributed by atoms with E-state index >= 15 is 0 Å². The molecule has 0 radical (unpaired) electrons. The molecule has 2 atom stereocenters. The standard InChI is InChI=1S/C65H105NO8/c1-6-8-10-12-14-16-18-20-22-24-25-26-27-28-29-30-31-32-33-34-35-36-37-38-39-40-42-44-46-48-50-52-54-56-63(68)74-61(60-73-65(64(69)70)71-58-57-66(3,4)5)59-72-62(67)55-53-51-49-47-45-43-41-23-21-19-17-15-13-11-9-7-2/h8,10,14,16,20,22-23,25-26,28-29,31-32,34-35,37-38,40-42,46,48,61,65H,6-7,9,11-13,15,17-19,21,24,27,30,33,36,39,43-45,47,49-60H2,1-5H3/p+1/b10-8-,16-14-,22-20-,26-25-,29-28-,32-31-,35-34-,38-37-,41-23-,42-40-,48-46-. The van der Waals surface area contributed by atoms with Crippen LogP contribution in [-0.2, 0) is 33.3 Å². The maximum atomic E-state index is 12.8. The molecule has 0 bridgehead atoms. The van der Waals surface area contributed by atoms with Crippen LogP contribution < -0.4 is 0 Å². The van der Waals surface area contributed by atoms with Crippen molar-refractivity contribution in [2.45, 2.75) is 212 Å². The molecule has 0 amide bonds. The lowest BCUT2D eigenvalue weighted by atomic mass is 10.1. The fourth-order valence-corrected chi connectivity index (χ4v) is 7.21. The van der Waals surface area contributed by atoms with Gasteiger partial charge in [-0.15, -0.1) is 0 Å². The fraction of sp³-hybridized carbons (Fsp3) is 0.615. The normalized spacial score (nSPS) is 13.8. The average Bonchev–Trinajstić information content (AvgIpc) is 3.37. The fourth-order valence-electron chi connectivity index (χ4n) is 7.21. The lowest BCUT2D eigenvalue weighted by Gasteiger charge is -2.25. The van der Waals surface area contributed by atoms with Gasteiger partial charge in [0.1, 0.15) is 13.2 Å². The number of carboxylic acids is 1. The van der Waals surface area contributed by atoms with E-state index in [0.29, 0.717) is 17.4 Å². The van der Waals surface area contributed by atoms with Gasteiger partial charge in [0.15, 0.2) is 6.10 Å². The van der Waals surface area contributed by atoms with E-state index in [1.54, 1.807) is 0 Å². The Morgan fingerprint density at radius 3 is 1.19 bits per heavy atom. The molecule has 0 fully saturated rings. The molecule has 0 aliphatic heterocycles. The van der Waals surface area contributed by atoms with Gasteiger partial charge in [0, 0.05) is 12.8 Å². The number of unbranched alkanes of at least 4 members (excludes halogenated alkanes) is 14. The molecule has 2 unspecified atom stereocenters. The Bertz CT molecular complexity index is 1670. The number of carbonyl (C=O) groups is 3. The summed E-state index contributed by atoms with van der Waals surface area (Å²) in [5.41, 5.74) is 0. The predicted molar refractivity (Wildman–Crippen MR) is 313 cm³/mol. The predicted octanol–water partition coefficient (Wildman–Crippen LogP) is 17.1. The van der Waals surface area contributed by atoms with E-state index in [1.165, 1.54) is 51.4 Å². The third-order valence-corrected chi connectivity index (χ3v) is 11.6. The van der Waals surface area contributed by atoms with Crippen LogP contribution in [0.25, 0.3) is 0 Å². The Kier molecular flexibility index (Phi) is 51.3. The number of ether oxygens (including phenoxy) is 4. The summed E-state index contributed by atoms with van der Waals surface area (Å²) < 4.78 is 22.8. The van der Waals surface area contributed by atoms with E-state index in [-0.39, 0.29) is 38.6 Å². The first-order chi connectivity index (χ1) is 36.1. The minimum atomic E-state index is -1.53. The van der Waals surface area contributed by atoms with Crippen LogP contribution in [0.4, 0.5) is 0 Å². The molecule has 9 nitrogen and oxygen atoms in total. The molecular formula is C65H106NO8+. The van der Waals surface area contributed by atoms with Crippen LogP contribution >= 0.6 is 0 Å². The van der Waals surface area contributed by atoms with Gasteiger partial charge < -0.3 is 28.5 Å².